The summed E-state index contributed by atoms with van der Waals surface area (Å²) in [5, 5.41) is 4.24. The molecule has 1 aliphatic heterocycles. The molecule has 2 aromatic rings. The molecule has 0 bridgehead atoms. The Kier molecular flexibility index (Phi) is 4.82. The summed E-state index contributed by atoms with van der Waals surface area (Å²) in [6.07, 6.45) is 0. The molecule has 22 heavy (non-hydrogen) atoms. The van der Waals surface area contributed by atoms with Gasteiger partial charge in [0.15, 0.2) is 0 Å². The summed E-state index contributed by atoms with van der Waals surface area (Å²) >= 11 is 6.08. The molecule has 0 aliphatic carbocycles. The molecule has 0 aromatic heterocycles. The first-order valence-electron chi connectivity index (χ1n) is 7.92. The van der Waals surface area contributed by atoms with Gasteiger partial charge < -0.3 is 5.32 Å². The zero-order chi connectivity index (χ0) is 15.5. The average molecular weight is 315 g/mol. The number of aryl methyl sites for hydroxylation is 2. The summed E-state index contributed by atoms with van der Waals surface area (Å²) < 4.78 is 0. The van der Waals surface area contributed by atoms with E-state index >= 15 is 0 Å². The highest BCUT2D eigenvalue weighted by Crippen LogP contribution is 2.32. The molecule has 3 rings (SSSR count). The first kappa shape index (κ1) is 15.5. The maximum Gasteiger partial charge on any atom is 0.0605 e. The number of hydrogen-bond acceptors (Lipinski definition) is 2. The van der Waals surface area contributed by atoms with E-state index in [0.29, 0.717) is 6.04 Å². The fourth-order valence-electron chi connectivity index (χ4n) is 3.30. The topological polar surface area (TPSA) is 15.3 Å². The summed E-state index contributed by atoms with van der Waals surface area (Å²) in [5.74, 6) is 0. The van der Waals surface area contributed by atoms with Crippen molar-refractivity contribution in [3.63, 3.8) is 0 Å². The zero-order valence-corrected chi connectivity index (χ0v) is 14.0. The Morgan fingerprint density at radius 3 is 2.32 bits per heavy atom. The number of rotatable bonds is 3. The van der Waals surface area contributed by atoms with E-state index in [-0.39, 0.29) is 0 Å². The Hall–Kier alpha value is -1.35. The molecule has 2 nitrogen and oxygen atoms in total. The van der Waals surface area contributed by atoms with Gasteiger partial charge in [-0.3, -0.25) is 4.90 Å². The molecule has 3 heteroatoms. The molecule has 1 fully saturated rings. The average Bonchev–Trinajstić information content (AvgIpc) is 2.52. The highest BCUT2D eigenvalue weighted by atomic mass is 35.5. The van der Waals surface area contributed by atoms with Crippen LogP contribution in [0.2, 0.25) is 5.02 Å². The van der Waals surface area contributed by atoms with Crippen LogP contribution in [-0.2, 0) is 0 Å². The first-order valence-corrected chi connectivity index (χ1v) is 8.30. The zero-order valence-electron chi connectivity index (χ0n) is 13.3. The van der Waals surface area contributed by atoms with Gasteiger partial charge in [0.1, 0.15) is 0 Å². The second kappa shape index (κ2) is 6.82. The lowest BCUT2D eigenvalue weighted by molar-refractivity contribution is 0.198. The third kappa shape index (κ3) is 3.35. The molecule has 1 unspecified atom stereocenters. The van der Waals surface area contributed by atoms with Crippen molar-refractivity contribution in [2.45, 2.75) is 19.9 Å². The standard InChI is InChI=1S/C19H23ClN2/c1-14-3-8-18(15(2)13-14)19(22-11-9-21-10-12-22)16-4-6-17(20)7-5-16/h3-8,13,19,21H,9-12H2,1-2H3. The molecule has 1 heterocycles. The predicted molar refractivity (Wildman–Crippen MR) is 93.7 cm³/mol. The molecule has 1 saturated heterocycles. The molecule has 116 valence electrons. The highest BCUT2D eigenvalue weighted by molar-refractivity contribution is 6.30. The van der Waals surface area contributed by atoms with Gasteiger partial charge in [0.05, 0.1) is 6.04 Å². The van der Waals surface area contributed by atoms with E-state index in [1.54, 1.807) is 0 Å². The molecule has 1 atom stereocenters. The van der Waals surface area contributed by atoms with Gasteiger partial charge in [-0.1, -0.05) is 47.5 Å². The van der Waals surface area contributed by atoms with Crippen LogP contribution in [0.3, 0.4) is 0 Å². The minimum absolute atomic E-state index is 0.306. The Balaban J connectivity index is 2.03. The molecule has 1 N–H and O–H groups in total. The lowest BCUT2D eigenvalue weighted by atomic mass is 9.92. The van der Waals surface area contributed by atoms with Gasteiger partial charge in [-0.15, -0.1) is 0 Å². The minimum atomic E-state index is 0.306. The molecule has 0 spiro atoms. The maximum atomic E-state index is 6.08. The molecule has 0 amide bonds. The van der Waals surface area contributed by atoms with Crippen LogP contribution in [0.5, 0.6) is 0 Å². The fourth-order valence-corrected chi connectivity index (χ4v) is 3.43. The summed E-state index contributed by atoms with van der Waals surface area (Å²) in [6, 6.07) is 15.4. The van der Waals surface area contributed by atoms with Crippen LogP contribution in [-0.4, -0.2) is 31.1 Å². The van der Waals surface area contributed by atoms with E-state index in [0.717, 1.165) is 31.2 Å². The van der Waals surface area contributed by atoms with Crippen molar-refractivity contribution in [2.24, 2.45) is 0 Å². The largest absolute Gasteiger partial charge is 0.314 e. The number of nitrogens with one attached hydrogen (secondary N) is 1. The Morgan fingerprint density at radius 1 is 1.00 bits per heavy atom. The summed E-state index contributed by atoms with van der Waals surface area (Å²) in [5.41, 5.74) is 5.39. The van der Waals surface area contributed by atoms with Crippen LogP contribution < -0.4 is 5.32 Å². The predicted octanol–water partition coefficient (Wildman–Crippen LogP) is 3.95. The summed E-state index contributed by atoms with van der Waals surface area (Å²) in [7, 11) is 0. The van der Waals surface area contributed by atoms with Crippen molar-refractivity contribution in [2.75, 3.05) is 26.2 Å². The summed E-state index contributed by atoms with van der Waals surface area (Å²) in [6.45, 7) is 8.61. The van der Waals surface area contributed by atoms with Crippen LogP contribution in [0, 0.1) is 13.8 Å². The van der Waals surface area contributed by atoms with Gasteiger partial charge in [-0.2, -0.15) is 0 Å². The Bertz CT molecular complexity index is 630. The second-order valence-electron chi connectivity index (χ2n) is 6.10. The lowest BCUT2D eigenvalue weighted by Gasteiger charge is -2.36. The first-order chi connectivity index (χ1) is 10.6. The van der Waals surface area contributed by atoms with Crippen molar-refractivity contribution >= 4 is 11.6 Å². The van der Waals surface area contributed by atoms with Crippen molar-refractivity contribution < 1.29 is 0 Å². The van der Waals surface area contributed by atoms with E-state index < -0.39 is 0 Å². The van der Waals surface area contributed by atoms with Crippen molar-refractivity contribution in [3.8, 4) is 0 Å². The Morgan fingerprint density at radius 2 is 1.68 bits per heavy atom. The third-order valence-electron chi connectivity index (χ3n) is 4.42. The number of piperazine rings is 1. The van der Waals surface area contributed by atoms with Crippen molar-refractivity contribution in [1.29, 1.82) is 0 Å². The number of halogens is 1. The van der Waals surface area contributed by atoms with E-state index in [9.17, 15) is 0 Å². The SMILES string of the molecule is Cc1ccc(C(c2ccc(Cl)cc2)N2CCNCC2)c(C)c1. The van der Waals surface area contributed by atoms with E-state index in [2.05, 4.69) is 54.4 Å². The maximum absolute atomic E-state index is 6.08. The monoisotopic (exact) mass is 314 g/mol. The quantitative estimate of drug-likeness (QED) is 0.922. The summed E-state index contributed by atoms with van der Waals surface area (Å²) in [4.78, 5) is 2.57. The third-order valence-corrected chi connectivity index (χ3v) is 4.67. The van der Waals surface area contributed by atoms with Crippen LogP contribution in [0.15, 0.2) is 42.5 Å². The second-order valence-corrected chi connectivity index (χ2v) is 6.54. The van der Waals surface area contributed by atoms with Gasteiger partial charge in [0.25, 0.3) is 0 Å². The van der Waals surface area contributed by atoms with Gasteiger partial charge >= 0.3 is 0 Å². The lowest BCUT2D eigenvalue weighted by Crippen LogP contribution is -2.45. The van der Waals surface area contributed by atoms with E-state index in [4.69, 9.17) is 11.6 Å². The van der Waals surface area contributed by atoms with Crippen LogP contribution in [0.25, 0.3) is 0 Å². The molecular formula is C19H23ClN2. The number of nitrogens with zero attached hydrogens (tertiary/aromatic N) is 1. The minimum Gasteiger partial charge on any atom is -0.314 e. The van der Waals surface area contributed by atoms with E-state index in [1.807, 2.05) is 12.1 Å². The van der Waals surface area contributed by atoms with Gasteiger partial charge in [0, 0.05) is 31.2 Å². The molecular weight excluding hydrogens is 292 g/mol. The van der Waals surface area contributed by atoms with E-state index in [1.165, 1.54) is 22.3 Å². The number of hydrogen-bond donors (Lipinski definition) is 1. The molecule has 1 aliphatic rings. The molecule has 0 radical (unpaired) electrons. The van der Waals surface area contributed by atoms with Crippen molar-refractivity contribution in [3.05, 3.63) is 69.7 Å². The van der Waals surface area contributed by atoms with Gasteiger partial charge in [0.2, 0.25) is 0 Å². The van der Waals surface area contributed by atoms with Crippen molar-refractivity contribution in [1.82, 2.24) is 10.2 Å². The van der Waals surface area contributed by atoms with Crippen LogP contribution in [0.4, 0.5) is 0 Å². The molecule has 2 aromatic carbocycles. The normalized spacial score (nSPS) is 17.4. The van der Waals surface area contributed by atoms with Gasteiger partial charge in [-0.05, 0) is 42.7 Å². The van der Waals surface area contributed by atoms with Crippen LogP contribution >= 0.6 is 11.6 Å². The smallest absolute Gasteiger partial charge is 0.0605 e. The molecule has 0 saturated carbocycles. The number of benzene rings is 2. The fraction of sp³-hybridized carbons (Fsp3) is 0.368. The van der Waals surface area contributed by atoms with Crippen LogP contribution in [0.1, 0.15) is 28.3 Å². The highest BCUT2D eigenvalue weighted by Gasteiger charge is 2.25. The van der Waals surface area contributed by atoms with Gasteiger partial charge in [-0.25, -0.2) is 0 Å². The Labute approximate surface area is 138 Å².